The third-order valence-electron chi connectivity index (χ3n) is 4.97. The number of amidine groups is 1. The van der Waals surface area contributed by atoms with Gasteiger partial charge in [0.05, 0.1) is 0 Å². The SMILES string of the molecule is CC/C=C(\C)CCNC(=N)OC(NC)C(/N=C(\CC)c1ccc(C(=O)N(C)C)cc1)=C(\C)N. The maximum absolute atomic E-state index is 12.2. The van der Waals surface area contributed by atoms with Crippen molar-refractivity contribution in [1.29, 1.82) is 5.41 Å². The second-order valence-corrected chi connectivity index (χ2v) is 8.01. The minimum Gasteiger partial charge on any atom is -0.440 e. The Hall–Kier alpha value is -3.13. The van der Waals surface area contributed by atoms with Crippen molar-refractivity contribution in [3.63, 3.8) is 0 Å². The van der Waals surface area contributed by atoms with Gasteiger partial charge in [-0.3, -0.25) is 20.5 Å². The van der Waals surface area contributed by atoms with E-state index in [9.17, 15) is 4.79 Å². The molecule has 1 rings (SSSR count). The molecule has 0 saturated heterocycles. The molecule has 0 saturated carbocycles. The lowest BCUT2D eigenvalue weighted by Gasteiger charge is -2.21. The van der Waals surface area contributed by atoms with Crippen molar-refractivity contribution in [1.82, 2.24) is 15.5 Å². The second kappa shape index (κ2) is 14.1. The standard InChI is InChI=1S/C25H40N6O2/c1-8-10-17(3)15-16-29-25(27)33-23(28-5)22(18(4)26)30-21(9-2)19-11-13-20(14-12-19)24(32)31(6)7/h10-14,23,28H,8-9,15-16,26H2,1-7H3,(H2,27,29)/b17-10+,22-18-,30-21+. The normalized spacial score (nSPS) is 13.8. The Morgan fingerprint density at radius 1 is 1.21 bits per heavy atom. The molecule has 8 nitrogen and oxygen atoms in total. The fourth-order valence-electron chi connectivity index (χ4n) is 3.14. The van der Waals surface area contributed by atoms with E-state index in [1.54, 1.807) is 45.1 Å². The van der Waals surface area contributed by atoms with Crippen LogP contribution in [0.4, 0.5) is 0 Å². The molecular weight excluding hydrogens is 416 g/mol. The number of hydrogen-bond donors (Lipinski definition) is 4. The minimum atomic E-state index is -0.682. The van der Waals surface area contributed by atoms with Gasteiger partial charge >= 0.3 is 0 Å². The molecule has 1 unspecified atom stereocenters. The summed E-state index contributed by atoms with van der Waals surface area (Å²) in [6, 6.07) is 7.31. The monoisotopic (exact) mass is 456 g/mol. The summed E-state index contributed by atoms with van der Waals surface area (Å²) in [4.78, 5) is 18.5. The van der Waals surface area contributed by atoms with Gasteiger partial charge in [-0.2, -0.15) is 0 Å². The van der Waals surface area contributed by atoms with Gasteiger partial charge in [0.25, 0.3) is 11.9 Å². The van der Waals surface area contributed by atoms with E-state index in [2.05, 4.69) is 30.6 Å². The lowest BCUT2D eigenvalue weighted by Crippen LogP contribution is -2.38. The van der Waals surface area contributed by atoms with E-state index in [4.69, 9.17) is 20.9 Å². The summed E-state index contributed by atoms with van der Waals surface area (Å²) < 4.78 is 5.77. The van der Waals surface area contributed by atoms with Gasteiger partial charge in [-0.05, 0) is 57.9 Å². The van der Waals surface area contributed by atoms with E-state index in [1.165, 1.54) is 5.57 Å². The van der Waals surface area contributed by atoms with Gasteiger partial charge in [0.1, 0.15) is 5.70 Å². The van der Waals surface area contributed by atoms with Crippen molar-refractivity contribution in [3.05, 3.63) is 58.4 Å². The van der Waals surface area contributed by atoms with Crippen LogP contribution in [0.5, 0.6) is 0 Å². The summed E-state index contributed by atoms with van der Waals surface area (Å²) in [6.45, 7) is 8.56. The number of amides is 1. The Balaban J connectivity index is 3.01. The molecule has 0 aromatic heterocycles. The Labute approximate surface area is 198 Å². The number of benzene rings is 1. The van der Waals surface area contributed by atoms with Crippen LogP contribution in [-0.2, 0) is 4.74 Å². The molecule has 33 heavy (non-hydrogen) atoms. The molecule has 0 radical (unpaired) electrons. The first-order valence-electron chi connectivity index (χ1n) is 11.3. The van der Waals surface area contributed by atoms with Gasteiger partial charge < -0.3 is 20.7 Å². The number of aliphatic imine (C=N–C) groups is 1. The van der Waals surface area contributed by atoms with Crippen LogP contribution in [0.15, 0.2) is 52.3 Å². The molecule has 0 fully saturated rings. The van der Waals surface area contributed by atoms with Crippen LogP contribution < -0.4 is 16.4 Å². The summed E-state index contributed by atoms with van der Waals surface area (Å²) in [6.07, 6.45) is 3.99. The number of rotatable bonds is 11. The highest BCUT2D eigenvalue weighted by Gasteiger charge is 2.19. The molecule has 5 N–H and O–H groups in total. The fourth-order valence-corrected chi connectivity index (χ4v) is 3.14. The summed E-state index contributed by atoms with van der Waals surface area (Å²) in [5.74, 6) is -0.0510. The largest absolute Gasteiger partial charge is 0.440 e. The van der Waals surface area contributed by atoms with E-state index < -0.39 is 6.23 Å². The zero-order valence-corrected chi connectivity index (χ0v) is 21.1. The molecule has 182 valence electrons. The van der Waals surface area contributed by atoms with Gasteiger partial charge in [-0.25, -0.2) is 0 Å². The van der Waals surface area contributed by atoms with Gasteiger partial charge in [0.15, 0.2) is 6.23 Å². The fraction of sp³-hybridized carbons (Fsp3) is 0.480. The molecule has 8 heteroatoms. The molecule has 0 aliphatic rings. The van der Waals surface area contributed by atoms with Crippen molar-refractivity contribution in [2.75, 3.05) is 27.7 Å². The molecule has 1 aromatic carbocycles. The number of allylic oxidation sites excluding steroid dienone is 2. The first kappa shape index (κ1) is 27.9. The number of nitrogens with one attached hydrogen (secondary N) is 3. The first-order valence-corrected chi connectivity index (χ1v) is 11.3. The number of hydrogen-bond acceptors (Lipinski definition) is 6. The predicted molar refractivity (Wildman–Crippen MR) is 137 cm³/mol. The van der Waals surface area contributed by atoms with Crippen LogP contribution in [0.1, 0.15) is 62.9 Å². The van der Waals surface area contributed by atoms with E-state index in [0.717, 1.165) is 24.1 Å². The molecule has 0 bridgehead atoms. The third kappa shape index (κ3) is 9.10. The highest BCUT2D eigenvalue weighted by atomic mass is 16.5. The second-order valence-electron chi connectivity index (χ2n) is 8.01. The Kier molecular flexibility index (Phi) is 11.9. The average molecular weight is 457 g/mol. The van der Waals surface area contributed by atoms with Crippen LogP contribution in [0.3, 0.4) is 0 Å². The average Bonchev–Trinajstić information content (AvgIpc) is 2.78. The van der Waals surface area contributed by atoms with Gasteiger partial charge in [0.2, 0.25) is 0 Å². The first-order chi connectivity index (χ1) is 15.6. The van der Waals surface area contributed by atoms with Gasteiger partial charge in [0, 0.05) is 37.6 Å². The van der Waals surface area contributed by atoms with Crippen LogP contribution in [0, 0.1) is 5.41 Å². The number of carbonyl (C=O) groups excluding carboxylic acids is 1. The van der Waals surface area contributed by atoms with E-state index >= 15 is 0 Å². The van der Waals surface area contributed by atoms with Crippen molar-refractivity contribution in [2.45, 2.75) is 53.2 Å². The molecule has 1 aromatic rings. The van der Waals surface area contributed by atoms with Crippen LogP contribution in [-0.4, -0.2) is 56.5 Å². The molecule has 0 aliphatic heterocycles. The summed E-state index contributed by atoms with van der Waals surface area (Å²) in [5.41, 5.74) is 10.7. The van der Waals surface area contributed by atoms with Crippen LogP contribution >= 0.6 is 0 Å². The number of nitrogens with two attached hydrogens (primary N) is 1. The maximum Gasteiger partial charge on any atom is 0.283 e. The summed E-state index contributed by atoms with van der Waals surface area (Å²) in [5, 5.41) is 14.2. The van der Waals surface area contributed by atoms with Crippen molar-refractivity contribution in [2.24, 2.45) is 10.7 Å². The number of ether oxygens (including phenoxy) is 1. The molecule has 1 atom stereocenters. The summed E-state index contributed by atoms with van der Waals surface area (Å²) in [7, 11) is 5.19. The quantitative estimate of drug-likeness (QED) is 0.176. The molecule has 0 spiro atoms. The van der Waals surface area contributed by atoms with Gasteiger partial charge in [-0.15, -0.1) is 0 Å². The molecule has 0 heterocycles. The van der Waals surface area contributed by atoms with E-state index in [0.29, 0.717) is 29.9 Å². The number of carbonyl (C=O) groups is 1. The zero-order valence-electron chi connectivity index (χ0n) is 21.1. The van der Waals surface area contributed by atoms with Crippen molar-refractivity contribution >= 4 is 17.6 Å². The van der Waals surface area contributed by atoms with E-state index in [1.807, 2.05) is 19.1 Å². The maximum atomic E-state index is 12.2. The smallest absolute Gasteiger partial charge is 0.283 e. The topological polar surface area (TPSA) is 116 Å². The lowest BCUT2D eigenvalue weighted by molar-refractivity contribution is 0.0827. The highest BCUT2D eigenvalue weighted by molar-refractivity contribution is 6.02. The lowest BCUT2D eigenvalue weighted by atomic mass is 10.0. The third-order valence-corrected chi connectivity index (χ3v) is 4.97. The van der Waals surface area contributed by atoms with Gasteiger partial charge in [-0.1, -0.05) is 37.6 Å². The van der Waals surface area contributed by atoms with Crippen molar-refractivity contribution in [3.8, 4) is 0 Å². The Morgan fingerprint density at radius 3 is 2.30 bits per heavy atom. The predicted octanol–water partition coefficient (Wildman–Crippen LogP) is 3.61. The molecule has 1 amide bonds. The van der Waals surface area contributed by atoms with Crippen LogP contribution in [0.25, 0.3) is 0 Å². The van der Waals surface area contributed by atoms with E-state index in [-0.39, 0.29) is 11.9 Å². The Bertz CT molecular complexity index is 881. The molecule has 0 aliphatic carbocycles. The summed E-state index contributed by atoms with van der Waals surface area (Å²) >= 11 is 0. The van der Waals surface area contributed by atoms with Crippen LogP contribution in [0.2, 0.25) is 0 Å². The Morgan fingerprint density at radius 2 is 1.82 bits per heavy atom. The minimum absolute atomic E-state index is 0.0443. The zero-order chi connectivity index (χ0) is 25.0. The molecular formula is C25H40N6O2. The number of likely N-dealkylation sites (N-methyl/N-ethyl adjacent to an activating group) is 1. The highest BCUT2D eigenvalue weighted by Crippen LogP contribution is 2.15. The van der Waals surface area contributed by atoms with Crippen molar-refractivity contribution < 1.29 is 9.53 Å². The number of nitrogens with zero attached hydrogens (tertiary/aromatic N) is 2.